The number of aryl methyl sites for hydroxylation is 1. The average molecular weight is 562 g/mol. The van der Waals surface area contributed by atoms with E-state index >= 15 is 0 Å². The molecule has 2 aromatic carbocycles. The van der Waals surface area contributed by atoms with Crippen molar-refractivity contribution in [1.82, 2.24) is 0 Å². The van der Waals surface area contributed by atoms with E-state index in [1.165, 1.54) is 0 Å². The summed E-state index contributed by atoms with van der Waals surface area (Å²) in [6, 6.07) is 18.1. The molecule has 0 radical (unpaired) electrons. The minimum Gasteiger partial charge on any atom is -0.463 e. The highest BCUT2D eigenvalue weighted by Crippen LogP contribution is 2.41. The molecule has 3 heterocycles. The Bertz CT molecular complexity index is 1160. The Morgan fingerprint density at radius 2 is 1.84 bits per heavy atom. The van der Waals surface area contributed by atoms with Gasteiger partial charge in [0, 0.05) is 20.9 Å². The molecular formula is C24H22Br2N2O4. The molecule has 0 saturated carbocycles. The van der Waals surface area contributed by atoms with Gasteiger partial charge >= 0.3 is 0 Å². The van der Waals surface area contributed by atoms with E-state index in [-0.39, 0.29) is 12.6 Å². The first kappa shape index (κ1) is 21.9. The Kier molecular flexibility index (Phi) is 5.98. The number of anilines is 1. The van der Waals surface area contributed by atoms with E-state index in [1.807, 2.05) is 60.5 Å². The first-order chi connectivity index (χ1) is 15.4. The third-order valence-electron chi connectivity index (χ3n) is 5.93. The zero-order valence-electron chi connectivity index (χ0n) is 17.3. The number of nitrogens with zero attached hydrogens (tertiary/aromatic N) is 2. The second kappa shape index (κ2) is 8.76. The van der Waals surface area contributed by atoms with Gasteiger partial charge in [-0.1, -0.05) is 56.1 Å². The number of hydrazone groups is 1. The first-order valence-electron chi connectivity index (χ1n) is 10.4. The molecule has 0 amide bonds. The summed E-state index contributed by atoms with van der Waals surface area (Å²) in [4.78, 5) is 0. The Hall–Kier alpha value is -1.97. The second-order valence-corrected chi connectivity index (χ2v) is 9.81. The maximum atomic E-state index is 10.2. The Morgan fingerprint density at radius 3 is 2.53 bits per heavy atom. The molecule has 0 spiro atoms. The van der Waals surface area contributed by atoms with E-state index in [2.05, 4.69) is 37.9 Å². The maximum Gasteiger partial charge on any atom is 0.144 e. The summed E-state index contributed by atoms with van der Waals surface area (Å²) < 4.78 is 13.5. The van der Waals surface area contributed by atoms with E-state index in [9.17, 15) is 10.2 Å². The van der Waals surface area contributed by atoms with Crippen LogP contribution in [-0.4, -0.2) is 34.7 Å². The number of ether oxygens (including phenoxy) is 1. The predicted octanol–water partition coefficient (Wildman–Crippen LogP) is 5.26. The van der Waals surface area contributed by atoms with Crippen molar-refractivity contribution in [2.24, 2.45) is 5.10 Å². The van der Waals surface area contributed by atoms with Gasteiger partial charge in [0.1, 0.15) is 29.8 Å². The Labute approximate surface area is 202 Å². The highest BCUT2D eigenvalue weighted by molar-refractivity contribution is 9.11. The average Bonchev–Trinajstić information content (AvgIpc) is 3.46. The van der Waals surface area contributed by atoms with Gasteiger partial charge in [-0.25, -0.2) is 0 Å². The van der Waals surface area contributed by atoms with Crippen molar-refractivity contribution in [2.75, 3.05) is 11.6 Å². The quantitative estimate of drug-likeness (QED) is 0.454. The summed E-state index contributed by atoms with van der Waals surface area (Å²) in [5.41, 5.74) is 3.92. The van der Waals surface area contributed by atoms with Crippen LogP contribution in [0.15, 0.2) is 73.1 Å². The second-order valence-electron chi connectivity index (χ2n) is 8.04. The lowest BCUT2D eigenvalue weighted by atomic mass is 9.98. The summed E-state index contributed by atoms with van der Waals surface area (Å²) in [7, 11) is 0. The lowest BCUT2D eigenvalue weighted by Gasteiger charge is -2.25. The number of para-hydroxylation sites is 1. The van der Waals surface area contributed by atoms with Crippen LogP contribution < -0.4 is 5.01 Å². The molecule has 6 nitrogen and oxygen atoms in total. The number of furan rings is 1. The summed E-state index contributed by atoms with van der Waals surface area (Å²) in [6.45, 7) is 1.97. The van der Waals surface area contributed by atoms with E-state index in [0.29, 0.717) is 17.9 Å². The predicted molar refractivity (Wildman–Crippen MR) is 129 cm³/mol. The molecule has 32 heavy (non-hydrogen) atoms. The molecule has 2 aliphatic rings. The highest BCUT2D eigenvalue weighted by Gasteiger charge is 2.39. The standard InChI is InChI=1S/C24H22Br2N2O4/c1-13-17(10-22(32-13)24-23(30)21(29)12-31-24)19-11-20(16-8-7-14(25)9-18(16)26)28(27-19)15-5-3-2-4-6-15/h2-10,20-21,23-24,29-30H,11-12H2,1H3/t20?,21-,23-,24+/m1/s1. The molecule has 1 unspecified atom stereocenters. The fraction of sp³-hybridized carbons (Fsp3) is 0.292. The zero-order chi connectivity index (χ0) is 22.4. The van der Waals surface area contributed by atoms with E-state index in [0.717, 1.165) is 31.5 Å². The molecule has 2 N–H and O–H groups in total. The van der Waals surface area contributed by atoms with E-state index < -0.39 is 18.3 Å². The molecule has 3 aromatic rings. The Balaban J connectivity index is 1.52. The van der Waals surface area contributed by atoms with Crippen LogP contribution in [0.4, 0.5) is 5.69 Å². The van der Waals surface area contributed by atoms with Crippen LogP contribution in [0.25, 0.3) is 0 Å². The van der Waals surface area contributed by atoms with Crippen molar-refractivity contribution in [3.8, 4) is 0 Å². The van der Waals surface area contributed by atoms with Crippen molar-refractivity contribution in [1.29, 1.82) is 0 Å². The van der Waals surface area contributed by atoms with Crippen molar-refractivity contribution >= 4 is 43.3 Å². The van der Waals surface area contributed by atoms with Crippen LogP contribution in [0, 0.1) is 6.92 Å². The number of hydrogen-bond acceptors (Lipinski definition) is 6. The topological polar surface area (TPSA) is 78.4 Å². The molecule has 1 aromatic heterocycles. The van der Waals surface area contributed by atoms with E-state index in [1.54, 1.807) is 0 Å². The van der Waals surface area contributed by atoms with Crippen molar-refractivity contribution < 1.29 is 19.4 Å². The molecule has 1 fully saturated rings. The molecule has 4 atom stereocenters. The summed E-state index contributed by atoms with van der Waals surface area (Å²) in [5, 5.41) is 27.1. The van der Waals surface area contributed by atoms with Crippen molar-refractivity contribution in [2.45, 2.75) is 37.7 Å². The number of hydrogen-bond donors (Lipinski definition) is 2. The van der Waals surface area contributed by atoms with Crippen LogP contribution in [0.3, 0.4) is 0 Å². The van der Waals surface area contributed by atoms with Gasteiger partial charge in [-0.15, -0.1) is 0 Å². The van der Waals surface area contributed by atoms with Crippen LogP contribution >= 0.6 is 31.9 Å². The van der Waals surface area contributed by atoms with E-state index in [4.69, 9.17) is 14.3 Å². The normalized spacial score (nSPS) is 25.4. The number of rotatable bonds is 4. The zero-order valence-corrected chi connectivity index (χ0v) is 20.5. The minimum atomic E-state index is -1.01. The maximum absolute atomic E-state index is 10.2. The molecule has 0 bridgehead atoms. The van der Waals surface area contributed by atoms with Crippen LogP contribution in [-0.2, 0) is 4.74 Å². The van der Waals surface area contributed by atoms with Gasteiger partial charge in [-0.05, 0) is 42.8 Å². The van der Waals surface area contributed by atoms with Crippen molar-refractivity contribution in [3.05, 3.63) is 86.2 Å². The molecule has 0 aliphatic carbocycles. The molecule has 8 heteroatoms. The lowest BCUT2D eigenvalue weighted by Crippen LogP contribution is -2.24. The van der Waals surface area contributed by atoms with Crippen molar-refractivity contribution in [3.63, 3.8) is 0 Å². The lowest BCUT2D eigenvalue weighted by molar-refractivity contribution is 0.0117. The molecule has 1 saturated heterocycles. The summed E-state index contributed by atoms with van der Waals surface area (Å²) in [6.07, 6.45) is -1.91. The van der Waals surface area contributed by atoms with Gasteiger partial charge in [0.15, 0.2) is 0 Å². The first-order valence-corrected chi connectivity index (χ1v) is 12.0. The SMILES string of the molecule is Cc1oc([C@@H]2OC[C@@H](O)[C@H]2O)cc1C1=NN(c2ccccc2)C(c2ccc(Br)cc2Br)C1. The number of halogens is 2. The van der Waals surface area contributed by atoms with Gasteiger partial charge in [-0.2, -0.15) is 5.10 Å². The fourth-order valence-corrected chi connectivity index (χ4v) is 5.60. The molecule has 166 valence electrons. The van der Waals surface area contributed by atoms with Gasteiger partial charge in [0.2, 0.25) is 0 Å². The molecular weight excluding hydrogens is 540 g/mol. The number of benzene rings is 2. The monoisotopic (exact) mass is 560 g/mol. The number of aliphatic hydroxyl groups is 2. The van der Waals surface area contributed by atoms with Gasteiger partial charge in [0.25, 0.3) is 0 Å². The molecule has 2 aliphatic heterocycles. The van der Waals surface area contributed by atoms with Crippen LogP contribution in [0.1, 0.15) is 41.2 Å². The molecule has 5 rings (SSSR count). The van der Waals surface area contributed by atoms with Crippen LogP contribution in [0.2, 0.25) is 0 Å². The smallest absolute Gasteiger partial charge is 0.144 e. The van der Waals surface area contributed by atoms with Crippen LogP contribution in [0.5, 0.6) is 0 Å². The number of aliphatic hydroxyl groups excluding tert-OH is 2. The highest BCUT2D eigenvalue weighted by atomic mass is 79.9. The van der Waals surface area contributed by atoms with Gasteiger partial charge in [0.05, 0.1) is 24.0 Å². The Morgan fingerprint density at radius 1 is 1.06 bits per heavy atom. The van der Waals surface area contributed by atoms with Gasteiger partial charge < -0.3 is 19.4 Å². The third-order valence-corrected chi connectivity index (χ3v) is 7.11. The minimum absolute atomic E-state index is 0.00256. The van der Waals surface area contributed by atoms with Gasteiger partial charge in [-0.3, -0.25) is 5.01 Å². The summed E-state index contributed by atoms with van der Waals surface area (Å²) in [5.74, 6) is 1.21. The summed E-state index contributed by atoms with van der Waals surface area (Å²) >= 11 is 7.25. The largest absolute Gasteiger partial charge is 0.463 e. The fourth-order valence-electron chi connectivity index (χ4n) is 4.29. The third kappa shape index (κ3) is 3.95.